The highest BCUT2D eigenvalue weighted by molar-refractivity contribution is 7.88. The molecule has 1 aliphatic rings. The standard InChI is InChI=1S/C17H21N5O3S2/c1-3-25-14-9-5-4-8-13(14)16-20-22-15(18-19-17(22)26-16)12-7-6-10-21(11-12)27(2,23)24/h4-5,8-9,12H,3,6-7,10-11H2,1-2H3. The summed E-state index contributed by atoms with van der Waals surface area (Å²) in [6, 6.07) is 7.78. The van der Waals surface area contributed by atoms with E-state index < -0.39 is 10.0 Å². The Bertz CT molecular complexity index is 1060. The van der Waals surface area contributed by atoms with Gasteiger partial charge in [0.05, 0.1) is 18.4 Å². The Hall–Kier alpha value is -2.04. The van der Waals surface area contributed by atoms with Crippen molar-refractivity contribution in [1.29, 1.82) is 0 Å². The zero-order chi connectivity index (χ0) is 19.0. The maximum Gasteiger partial charge on any atom is 0.234 e. The topological polar surface area (TPSA) is 89.7 Å². The van der Waals surface area contributed by atoms with Crippen molar-refractivity contribution in [2.24, 2.45) is 0 Å². The van der Waals surface area contributed by atoms with Gasteiger partial charge < -0.3 is 4.74 Å². The van der Waals surface area contributed by atoms with Crippen LogP contribution in [0.3, 0.4) is 0 Å². The smallest absolute Gasteiger partial charge is 0.234 e. The van der Waals surface area contributed by atoms with Crippen molar-refractivity contribution in [3.63, 3.8) is 0 Å². The van der Waals surface area contributed by atoms with E-state index in [1.165, 1.54) is 21.9 Å². The number of fused-ring (bicyclic) bond motifs is 1. The molecule has 0 aliphatic carbocycles. The molecule has 3 heterocycles. The summed E-state index contributed by atoms with van der Waals surface area (Å²) in [4.78, 5) is 0.697. The SMILES string of the molecule is CCOc1ccccc1-c1nn2c(C3CCCN(S(C)(=O)=O)C3)nnc2s1. The summed E-state index contributed by atoms with van der Waals surface area (Å²) in [6.07, 6.45) is 2.92. The lowest BCUT2D eigenvalue weighted by Gasteiger charge is -2.29. The number of hydrogen-bond donors (Lipinski definition) is 0. The molecule has 1 fully saturated rings. The van der Waals surface area contributed by atoms with Gasteiger partial charge in [-0.2, -0.15) is 9.61 Å². The molecule has 3 aromatic rings. The molecule has 0 spiro atoms. The highest BCUT2D eigenvalue weighted by Crippen LogP contribution is 2.34. The third-order valence-electron chi connectivity index (χ3n) is 4.65. The molecule has 0 saturated carbocycles. The van der Waals surface area contributed by atoms with E-state index in [0.29, 0.717) is 24.7 Å². The molecule has 144 valence electrons. The first-order valence-electron chi connectivity index (χ1n) is 8.87. The summed E-state index contributed by atoms with van der Waals surface area (Å²) < 4.78 is 32.8. The molecule has 1 unspecified atom stereocenters. The van der Waals surface area contributed by atoms with Gasteiger partial charge in [-0.1, -0.05) is 23.5 Å². The molecule has 10 heteroatoms. The maximum absolute atomic E-state index is 11.9. The highest BCUT2D eigenvalue weighted by Gasteiger charge is 2.30. The van der Waals surface area contributed by atoms with Gasteiger partial charge in [-0.25, -0.2) is 12.7 Å². The van der Waals surface area contributed by atoms with Crippen LogP contribution in [0.1, 0.15) is 31.5 Å². The van der Waals surface area contributed by atoms with Crippen molar-refractivity contribution in [2.75, 3.05) is 26.0 Å². The van der Waals surface area contributed by atoms with Gasteiger partial charge >= 0.3 is 0 Å². The average Bonchev–Trinajstić information content (AvgIpc) is 3.22. The van der Waals surface area contributed by atoms with Crippen LogP contribution < -0.4 is 4.74 Å². The van der Waals surface area contributed by atoms with Crippen LogP contribution in [0, 0.1) is 0 Å². The van der Waals surface area contributed by atoms with Crippen LogP contribution >= 0.6 is 11.3 Å². The number of aromatic nitrogens is 4. The molecule has 1 atom stereocenters. The first-order chi connectivity index (χ1) is 13.0. The first-order valence-corrected chi connectivity index (χ1v) is 11.5. The third-order valence-corrected chi connectivity index (χ3v) is 6.85. The largest absolute Gasteiger partial charge is 0.493 e. The minimum absolute atomic E-state index is 0.0134. The number of ether oxygens (including phenoxy) is 1. The maximum atomic E-state index is 11.9. The predicted octanol–water partition coefficient (Wildman–Crippen LogP) is 2.39. The van der Waals surface area contributed by atoms with E-state index in [2.05, 4.69) is 10.2 Å². The summed E-state index contributed by atoms with van der Waals surface area (Å²) in [5.41, 5.74) is 0.919. The van der Waals surface area contributed by atoms with Crippen molar-refractivity contribution in [3.8, 4) is 16.3 Å². The van der Waals surface area contributed by atoms with Crippen molar-refractivity contribution in [1.82, 2.24) is 24.1 Å². The molecule has 27 heavy (non-hydrogen) atoms. The van der Waals surface area contributed by atoms with Gasteiger partial charge in [0, 0.05) is 19.0 Å². The van der Waals surface area contributed by atoms with Gasteiger partial charge in [0.25, 0.3) is 0 Å². The van der Waals surface area contributed by atoms with Crippen LogP contribution in [0.15, 0.2) is 24.3 Å². The van der Waals surface area contributed by atoms with Crippen LogP contribution in [-0.2, 0) is 10.0 Å². The zero-order valence-corrected chi connectivity index (χ0v) is 16.8. The molecule has 8 nitrogen and oxygen atoms in total. The van der Waals surface area contributed by atoms with E-state index in [0.717, 1.165) is 35.0 Å². The van der Waals surface area contributed by atoms with Crippen molar-refractivity contribution in [3.05, 3.63) is 30.1 Å². The Morgan fingerprint density at radius 1 is 1.30 bits per heavy atom. The number of rotatable bonds is 5. The van der Waals surface area contributed by atoms with Gasteiger partial charge in [-0.15, -0.1) is 10.2 Å². The second kappa shape index (κ2) is 7.17. The van der Waals surface area contributed by atoms with Crippen molar-refractivity contribution >= 4 is 26.3 Å². The number of sulfonamides is 1. The van der Waals surface area contributed by atoms with Gasteiger partial charge in [-0.3, -0.25) is 0 Å². The highest BCUT2D eigenvalue weighted by atomic mass is 32.2. The van der Waals surface area contributed by atoms with Gasteiger partial charge in [0.1, 0.15) is 5.75 Å². The van der Waals surface area contributed by atoms with Gasteiger partial charge in [-0.05, 0) is 31.9 Å². The number of piperidine rings is 1. The lowest BCUT2D eigenvalue weighted by Crippen LogP contribution is -2.38. The van der Waals surface area contributed by atoms with Crippen LogP contribution in [-0.4, -0.2) is 58.5 Å². The van der Waals surface area contributed by atoms with E-state index in [9.17, 15) is 8.42 Å². The molecule has 0 amide bonds. The monoisotopic (exact) mass is 407 g/mol. The van der Waals surface area contributed by atoms with Crippen molar-refractivity contribution < 1.29 is 13.2 Å². The summed E-state index contributed by atoms with van der Waals surface area (Å²) >= 11 is 1.45. The van der Waals surface area contributed by atoms with E-state index in [-0.39, 0.29) is 5.92 Å². The summed E-state index contributed by atoms with van der Waals surface area (Å²) in [7, 11) is -3.21. The number of para-hydroxylation sites is 1. The summed E-state index contributed by atoms with van der Waals surface area (Å²) in [5, 5.41) is 14.1. The molecule has 0 radical (unpaired) electrons. The fraction of sp³-hybridized carbons (Fsp3) is 0.471. The fourth-order valence-electron chi connectivity index (χ4n) is 3.37. The second-order valence-electron chi connectivity index (χ2n) is 6.55. The van der Waals surface area contributed by atoms with E-state index in [4.69, 9.17) is 9.84 Å². The van der Waals surface area contributed by atoms with Gasteiger partial charge in [0.2, 0.25) is 15.0 Å². The normalized spacial score (nSPS) is 18.8. The molecule has 1 saturated heterocycles. The molecule has 4 rings (SSSR count). The lowest BCUT2D eigenvalue weighted by atomic mass is 9.99. The molecule has 1 aromatic carbocycles. The summed E-state index contributed by atoms with van der Waals surface area (Å²) in [5.74, 6) is 1.49. The molecule has 0 N–H and O–H groups in total. The lowest BCUT2D eigenvalue weighted by molar-refractivity contribution is 0.309. The van der Waals surface area contributed by atoms with E-state index in [1.54, 1.807) is 4.52 Å². The Morgan fingerprint density at radius 2 is 2.11 bits per heavy atom. The zero-order valence-electron chi connectivity index (χ0n) is 15.2. The number of nitrogens with zero attached hydrogens (tertiary/aromatic N) is 5. The Kier molecular flexibility index (Phi) is 4.87. The minimum Gasteiger partial charge on any atom is -0.493 e. The molecule has 1 aliphatic heterocycles. The molecular formula is C17H21N5O3S2. The van der Waals surface area contributed by atoms with Crippen LogP contribution in [0.4, 0.5) is 0 Å². The molecular weight excluding hydrogens is 386 g/mol. The quantitative estimate of drug-likeness (QED) is 0.645. The predicted molar refractivity (Wildman–Crippen MR) is 104 cm³/mol. The van der Waals surface area contributed by atoms with Crippen LogP contribution in [0.2, 0.25) is 0 Å². The van der Waals surface area contributed by atoms with Crippen LogP contribution in [0.5, 0.6) is 5.75 Å². The van der Waals surface area contributed by atoms with Gasteiger partial charge in [0.15, 0.2) is 10.8 Å². The van der Waals surface area contributed by atoms with Crippen LogP contribution in [0.25, 0.3) is 15.5 Å². The Morgan fingerprint density at radius 3 is 2.89 bits per heavy atom. The Labute approximate surface area is 161 Å². The molecule has 0 bridgehead atoms. The number of benzene rings is 1. The van der Waals surface area contributed by atoms with E-state index in [1.807, 2.05) is 31.2 Å². The Balaban J connectivity index is 1.69. The van der Waals surface area contributed by atoms with Crippen molar-refractivity contribution in [2.45, 2.75) is 25.7 Å². The number of hydrogen-bond acceptors (Lipinski definition) is 7. The second-order valence-corrected chi connectivity index (χ2v) is 9.49. The average molecular weight is 408 g/mol. The fourth-order valence-corrected chi connectivity index (χ4v) is 5.16. The first kappa shape index (κ1) is 18.3. The minimum atomic E-state index is -3.21. The molecule has 2 aromatic heterocycles. The van der Waals surface area contributed by atoms with E-state index >= 15 is 0 Å². The third kappa shape index (κ3) is 3.56. The summed E-state index contributed by atoms with van der Waals surface area (Å²) in [6.45, 7) is 3.50.